The van der Waals surface area contributed by atoms with Gasteiger partial charge in [-0.15, -0.1) is 0 Å². The van der Waals surface area contributed by atoms with Gasteiger partial charge in [-0.25, -0.2) is 0 Å². The summed E-state index contributed by atoms with van der Waals surface area (Å²) in [4.78, 5) is 13.3. The SMILES string of the molecule is COc1ccc2c(c1OC)CC(C1CCN(/C=C\c3ccccc3)CC1)OC2CNC=O. The molecule has 2 aromatic carbocycles. The first-order chi connectivity index (χ1) is 15.7. The Morgan fingerprint density at radius 2 is 1.88 bits per heavy atom. The summed E-state index contributed by atoms with van der Waals surface area (Å²) in [7, 11) is 3.34. The van der Waals surface area contributed by atoms with Gasteiger partial charge in [-0.1, -0.05) is 36.4 Å². The van der Waals surface area contributed by atoms with Crippen LogP contribution in [0.25, 0.3) is 6.08 Å². The first-order valence-electron chi connectivity index (χ1n) is 11.3. The van der Waals surface area contributed by atoms with Crippen LogP contribution in [0.3, 0.4) is 0 Å². The number of nitrogens with zero attached hydrogens (tertiary/aromatic N) is 1. The number of hydrogen-bond donors (Lipinski definition) is 1. The van der Waals surface area contributed by atoms with E-state index in [9.17, 15) is 4.79 Å². The van der Waals surface area contributed by atoms with E-state index in [4.69, 9.17) is 14.2 Å². The maximum Gasteiger partial charge on any atom is 0.207 e. The molecule has 1 fully saturated rings. The van der Waals surface area contributed by atoms with Crippen LogP contribution in [0.15, 0.2) is 48.7 Å². The molecular formula is C26H32N2O4. The lowest BCUT2D eigenvalue weighted by Gasteiger charge is -2.40. The predicted octanol–water partition coefficient (Wildman–Crippen LogP) is 3.82. The Morgan fingerprint density at radius 3 is 2.56 bits per heavy atom. The third kappa shape index (κ3) is 4.91. The lowest BCUT2D eigenvalue weighted by atomic mass is 9.83. The van der Waals surface area contributed by atoms with Gasteiger partial charge in [0, 0.05) is 31.6 Å². The number of nitrogens with one attached hydrogen (secondary N) is 1. The van der Waals surface area contributed by atoms with E-state index < -0.39 is 0 Å². The zero-order valence-corrected chi connectivity index (χ0v) is 18.8. The van der Waals surface area contributed by atoms with E-state index in [0.29, 0.717) is 12.5 Å². The van der Waals surface area contributed by atoms with Gasteiger partial charge < -0.3 is 24.4 Å². The summed E-state index contributed by atoms with van der Waals surface area (Å²) < 4.78 is 17.8. The van der Waals surface area contributed by atoms with Crippen molar-refractivity contribution in [2.75, 3.05) is 33.9 Å². The average molecular weight is 437 g/mol. The standard InChI is InChI=1S/C26H32N2O4/c1-30-23-9-8-21-22(26(23)31-2)16-24(32-25(21)17-27-18-29)20-11-14-28(15-12-20)13-10-19-6-4-3-5-7-19/h3-10,13,18,20,24-25H,11-12,14-17H2,1-2H3,(H,27,29)/b13-10-. The van der Waals surface area contributed by atoms with Gasteiger partial charge in [-0.05, 0) is 48.2 Å². The smallest absolute Gasteiger partial charge is 0.207 e. The molecule has 2 heterocycles. The van der Waals surface area contributed by atoms with Crippen LogP contribution in [-0.4, -0.2) is 51.3 Å². The number of piperidine rings is 1. The Kier molecular flexibility index (Phi) is 7.32. The fourth-order valence-corrected chi connectivity index (χ4v) is 4.84. The van der Waals surface area contributed by atoms with E-state index in [1.54, 1.807) is 14.2 Å². The third-order valence-electron chi connectivity index (χ3n) is 6.54. The molecule has 0 spiro atoms. The van der Waals surface area contributed by atoms with Gasteiger partial charge in [0.2, 0.25) is 6.41 Å². The zero-order chi connectivity index (χ0) is 22.3. The zero-order valence-electron chi connectivity index (χ0n) is 18.8. The molecule has 6 heteroatoms. The molecule has 0 saturated carbocycles. The highest BCUT2D eigenvalue weighted by Crippen LogP contribution is 2.43. The van der Waals surface area contributed by atoms with Crippen LogP contribution in [0, 0.1) is 5.92 Å². The number of rotatable bonds is 8. The first kappa shape index (κ1) is 22.2. The van der Waals surface area contributed by atoms with Gasteiger partial charge in [0.1, 0.15) is 6.10 Å². The summed E-state index contributed by atoms with van der Waals surface area (Å²) >= 11 is 0. The van der Waals surface area contributed by atoms with Crippen LogP contribution in [-0.2, 0) is 16.0 Å². The van der Waals surface area contributed by atoms with Crippen molar-refractivity contribution in [3.63, 3.8) is 0 Å². The van der Waals surface area contributed by atoms with E-state index in [1.807, 2.05) is 18.2 Å². The second-order valence-electron chi connectivity index (χ2n) is 8.36. The molecule has 2 atom stereocenters. The maximum absolute atomic E-state index is 10.9. The highest BCUT2D eigenvalue weighted by atomic mass is 16.5. The van der Waals surface area contributed by atoms with Crippen LogP contribution in [0.5, 0.6) is 11.5 Å². The molecule has 6 nitrogen and oxygen atoms in total. The van der Waals surface area contributed by atoms with Gasteiger partial charge in [-0.2, -0.15) is 0 Å². The normalized spacial score (nSPS) is 21.2. The lowest BCUT2D eigenvalue weighted by Crippen LogP contribution is -2.41. The molecule has 0 bridgehead atoms. The van der Waals surface area contributed by atoms with Gasteiger partial charge in [0.05, 0.1) is 20.3 Å². The van der Waals surface area contributed by atoms with Crippen molar-refractivity contribution >= 4 is 12.5 Å². The largest absolute Gasteiger partial charge is 0.493 e. The molecule has 2 aliphatic heterocycles. The fourth-order valence-electron chi connectivity index (χ4n) is 4.84. The Morgan fingerprint density at radius 1 is 1.09 bits per heavy atom. The number of ether oxygens (including phenoxy) is 3. The molecule has 32 heavy (non-hydrogen) atoms. The minimum absolute atomic E-state index is 0.0854. The maximum atomic E-state index is 10.9. The Hall–Kier alpha value is -2.99. The van der Waals surface area contributed by atoms with Gasteiger partial charge in [-0.3, -0.25) is 4.79 Å². The van der Waals surface area contributed by atoms with E-state index in [0.717, 1.165) is 61.4 Å². The Labute approximate surface area is 190 Å². The second kappa shape index (κ2) is 10.6. The number of fused-ring (bicyclic) bond motifs is 1. The third-order valence-corrected chi connectivity index (χ3v) is 6.54. The summed E-state index contributed by atoms with van der Waals surface area (Å²) in [6, 6.07) is 14.3. The number of likely N-dealkylation sites (tertiary alicyclic amines) is 1. The molecule has 2 aliphatic rings. The monoisotopic (exact) mass is 436 g/mol. The minimum Gasteiger partial charge on any atom is -0.493 e. The van der Waals surface area contributed by atoms with Crippen molar-refractivity contribution in [2.45, 2.75) is 31.5 Å². The van der Waals surface area contributed by atoms with Gasteiger partial charge in [0.25, 0.3) is 0 Å². The molecule has 4 rings (SSSR count). The highest BCUT2D eigenvalue weighted by Gasteiger charge is 2.36. The molecule has 1 saturated heterocycles. The molecular weight excluding hydrogens is 404 g/mol. The van der Waals surface area contributed by atoms with E-state index in [1.165, 1.54) is 5.56 Å². The molecule has 1 amide bonds. The summed E-state index contributed by atoms with van der Waals surface area (Å²) in [5.41, 5.74) is 3.41. The number of methoxy groups -OCH3 is 2. The van der Waals surface area contributed by atoms with Crippen molar-refractivity contribution in [1.29, 1.82) is 0 Å². The van der Waals surface area contributed by atoms with Gasteiger partial charge in [0.15, 0.2) is 11.5 Å². The average Bonchev–Trinajstić information content (AvgIpc) is 2.86. The number of carbonyl (C=O) groups is 1. The van der Waals surface area contributed by atoms with Crippen molar-refractivity contribution in [1.82, 2.24) is 10.2 Å². The summed E-state index contributed by atoms with van der Waals surface area (Å²) in [6.45, 7) is 2.46. The van der Waals surface area contributed by atoms with Crippen LogP contribution in [0.4, 0.5) is 0 Å². The van der Waals surface area contributed by atoms with Crippen LogP contribution in [0.1, 0.15) is 35.6 Å². The Balaban J connectivity index is 1.46. The molecule has 0 radical (unpaired) electrons. The van der Waals surface area contributed by atoms with Crippen molar-refractivity contribution in [3.05, 3.63) is 65.4 Å². The van der Waals surface area contributed by atoms with E-state index in [2.05, 4.69) is 46.8 Å². The topological polar surface area (TPSA) is 60.0 Å². The van der Waals surface area contributed by atoms with Crippen LogP contribution < -0.4 is 14.8 Å². The van der Waals surface area contributed by atoms with Crippen LogP contribution >= 0.6 is 0 Å². The Bertz CT molecular complexity index is 923. The minimum atomic E-state index is -0.190. The highest BCUT2D eigenvalue weighted by molar-refractivity contribution is 5.53. The quantitative estimate of drug-likeness (QED) is 0.638. The molecule has 2 unspecified atom stereocenters. The van der Waals surface area contributed by atoms with Crippen LogP contribution in [0.2, 0.25) is 0 Å². The van der Waals surface area contributed by atoms with Crippen molar-refractivity contribution < 1.29 is 19.0 Å². The summed E-state index contributed by atoms with van der Waals surface area (Å²) in [6.07, 6.45) is 7.92. The summed E-state index contributed by atoms with van der Waals surface area (Å²) in [5.74, 6) is 1.96. The number of benzene rings is 2. The predicted molar refractivity (Wildman–Crippen MR) is 125 cm³/mol. The summed E-state index contributed by atoms with van der Waals surface area (Å²) in [5, 5.41) is 2.79. The second-order valence-corrected chi connectivity index (χ2v) is 8.36. The van der Waals surface area contributed by atoms with Crippen molar-refractivity contribution in [2.24, 2.45) is 5.92 Å². The number of carbonyl (C=O) groups excluding carboxylic acids is 1. The number of hydrogen-bond acceptors (Lipinski definition) is 5. The van der Waals surface area contributed by atoms with Crippen molar-refractivity contribution in [3.8, 4) is 11.5 Å². The molecule has 2 aromatic rings. The first-order valence-corrected chi connectivity index (χ1v) is 11.3. The molecule has 1 N–H and O–H groups in total. The lowest BCUT2D eigenvalue weighted by molar-refractivity contribution is -0.111. The molecule has 0 aromatic heterocycles. The molecule has 170 valence electrons. The van der Waals surface area contributed by atoms with E-state index in [-0.39, 0.29) is 12.2 Å². The number of amides is 1. The molecule has 0 aliphatic carbocycles. The van der Waals surface area contributed by atoms with E-state index >= 15 is 0 Å². The fraction of sp³-hybridized carbons (Fsp3) is 0.423. The van der Waals surface area contributed by atoms with Gasteiger partial charge >= 0.3 is 0 Å².